The lowest BCUT2D eigenvalue weighted by molar-refractivity contribution is -0.123. The third-order valence-corrected chi connectivity index (χ3v) is 4.96. The Hall–Kier alpha value is -3.86. The number of benzene rings is 3. The van der Waals surface area contributed by atoms with Crippen LogP contribution in [0, 0.1) is 6.92 Å². The minimum atomic E-state index is -0.305. The van der Waals surface area contributed by atoms with Crippen molar-refractivity contribution in [3.63, 3.8) is 0 Å². The van der Waals surface area contributed by atoms with E-state index in [9.17, 15) is 4.79 Å². The first kappa shape index (κ1) is 19.5. The molecular weight excluding hydrogens is 374 g/mol. The summed E-state index contributed by atoms with van der Waals surface area (Å²) in [6.45, 7) is 2.76. The van der Waals surface area contributed by atoms with Crippen LogP contribution >= 0.6 is 0 Å². The van der Waals surface area contributed by atoms with Crippen molar-refractivity contribution >= 4 is 23.0 Å². The van der Waals surface area contributed by atoms with Gasteiger partial charge in [0.25, 0.3) is 5.91 Å². The second-order valence-corrected chi connectivity index (χ2v) is 6.98. The number of ether oxygens (including phenoxy) is 1. The summed E-state index contributed by atoms with van der Waals surface area (Å²) in [5.74, 6) is 0.345. The van der Waals surface area contributed by atoms with E-state index in [1.165, 1.54) is 5.56 Å². The van der Waals surface area contributed by atoms with E-state index in [-0.39, 0.29) is 12.5 Å². The summed E-state index contributed by atoms with van der Waals surface area (Å²) in [7, 11) is 0. The SMILES string of the molecule is Cc1c(/C=N\NC(=O)COc2ccccc2)c2ccccc2n1Cc1ccccc1. The molecule has 0 saturated carbocycles. The Morgan fingerprint density at radius 2 is 1.63 bits per heavy atom. The highest BCUT2D eigenvalue weighted by molar-refractivity contribution is 6.01. The molecule has 150 valence electrons. The Morgan fingerprint density at radius 1 is 0.967 bits per heavy atom. The second kappa shape index (κ2) is 9.09. The molecule has 0 fully saturated rings. The molecule has 5 heteroatoms. The van der Waals surface area contributed by atoms with Gasteiger partial charge >= 0.3 is 0 Å². The number of fused-ring (bicyclic) bond motifs is 1. The monoisotopic (exact) mass is 397 g/mol. The fourth-order valence-electron chi connectivity index (χ4n) is 3.46. The maximum atomic E-state index is 12.0. The highest BCUT2D eigenvalue weighted by Crippen LogP contribution is 2.25. The lowest BCUT2D eigenvalue weighted by Crippen LogP contribution is -2.24. The van der Waals surface area contributed by atoms with Crippen LogP contribution in [0.3, 0.4) is 0 Å². The first-order chi connectivity index (χ1) is 14.7. The molecule has 0 aliphatic heterocycles. The lowest BCUT2D eigenvalue weighted by atomic mass is 10.1. The number of para-hydroxylation sites is 2. The molecule has 0 aliphatic carbocycles. The summed E-state index contributed by atoms with van der Waals surface area (Å²) in [6.07, 6.45) is 1.71. The molecule has 0 aliphatic rings. The Balaban J connectivity index is 1.49. The molecule has 4 aromatic rings. The molecule has 1 amide bonds. The molecule has 3 aromatic carbocycles. The van der Waals surface area contributed by atoms with E-state index in [2.05, 4.69) is 46.3 Å². The van der Waals surface area contributed by atoms with Gasteiger partial charge in [-0.3, -0.25) is 4.79 Å². The van der Waals surface area contributed by atoms with Crippen LogP contribution in [0.25, 0.3) is 10.9 Å². The minimum Gasteiger partial charge on any atom is -0.484 e. The Bertz CT molecular complexity index is 1170. The molecule has 0 spiro atoms. The topological polar surface area (TPSA) is 55.6 Å². The minimum absolute atomic E-state index is 0.0872. The van der Waals surface area contributed by atoms with Gasteiger partial charge in [0.1, 0.15) is 5.75 Å². The molecule has 1 aromatic heterocycles. The van der Waals surface area contributed by atoms with Gasteiger partial charge in [-0.2, -0.15) is 5.10 Å². The molecule has 0 unspecified atom stereocenters. The van der Waals surface area contributed by atoms with E-state index in [0.29, 0.717) is 5.75 Å². The van der Waals surface area contributed by atoms with Crippen LogP contribution in [-0.4, -0.2) is 23.3 Å². The van der Waals surface area contributed by atoms with E-state index in [1.54, 1.807) is 6.21 Å². The number of amides is 1. The maximum Gasteiger partial charge on any atom is 0.277 e. The number of hydrazone groups is 1. The van der Waals surface area contributed by atoms with Gasteiger partial charge in [-0.25, -0.2) is 5.43 Å². The molecule has 1 heterocycles. The summed E-state index contributed by atoms with van der Waals surface area (Å²) in [6, 6.07) is 27.8. The smallest absolute Gasteiger partial charge is 0.277 e. The number of carbonyl (C=O) groups excluding carboxylic acids is 1. The molecule has 4 rings (SSSR count). The second-order valence-electron chi connectivity index (χ2n) is 6.98. The molecule has 5 nitrogen and oxygen atoms in total. The summed E-state index contributed by atoms with van der Waals surface area (Å²) >= 11 is 0. The van der Waals surface area contributed by atoms with E-state index < -0.39 is 0 Å². The number of hydrogen-bond acceptors (Lipinski definition) is 3. The number of nitrogens with one attached hydrogen (secondary N) is 1. The van der Waals surface area contributed by atoms with E-state index in [0.717, 1.165) is 28.7 Å². The molecule has 0 bridgehead atoms. The van der Waals surface area contributed by atoms with Crippen molar-refractivity contribution in [2.45, 2.75) is 13.5 Å². The first-order valence-corrected chi connectivity index (χ1v) is 9.84. The van der Waals surface area contributed by atoms with Gasteiger partial charge in [0, 0.05) is 28.7 Å². The van der Waals surface area contributed by atoms with Crippen LogP contribution in [-0.2, 0) is 11.3 Å². The van der Waals surface area contributed by atoms with Crippen LogP contribution in [0.5, 0.6) is 5.75 Å². The van der Waals surface area contributed by atoms with E-state index in [1.807, 2.05) is 60.7 Å². The fraction of sp³-hybridized carbons (Fsp3) is 0.120. The summed E-state index contributed by atoms with van der Waals surface area (Å²) in [5, 5.41) is 5.27. The average molecular weight is 397 g/mol. The number of carbonyl (C=O) groups is 1. The largest absolute Gasteiger partial charge is 0.484 e. The normalized spacial score (nSPS) is 11.1. The predicted octanol–water partition coefficient (Wildman–Crippen LogP) is 4.53. The van der Waals surface area contributed by atoms with Crippen molar-refractivity contribution in [2.75, 3.05) is 6.61 Å². The van der Waals surface area contributed by atoms with Gasteiger partial charge in [-0.15, -0.1) is 0 Å². The molecule has 0 atom stereocenters. The van der Waals surface area contributed by atoms with Crippen molar-refractivity contribution in [1.82, 2.24) is 9.99 Å². The summed E-state index contributed by atoms with van der Waals surface area (Å²) in [5.41, 5.74) is 7.01. The molecule has 0 radical (unpaired) electrons. The van der Waals surface area contributed by atoms with Crippen molar-refractivity contribution in [2.24, 2.45) is 5.10 Å². The Morgan fingerprint density at radius 3 is 2.40 bits per heavy atom. The van der Waals surface area contributed by atoms with Gasteiger partial charge in [-0.05, 0) is 30.7 Å². The Kier molecular flexibility index (Phi) is 5.90. The third-order valence-electron chi connectivity index (χ3n) is 4.96. The number of aromatic nitrogens is 1. The molecular formula is C25H23N3O2. The van der Waals surface area contributed by atoms with Crippen LogP contribution in [0.15, 0.2) is 90.0 Å². The predicted molar refractivity (Wildman–Crippen MR) is 120 cm³/mol. The van der Waals surface area contributed by atoms with Crippen molar-refractivity contribution in [3.8, 4) is 5.75 Å². The third kappa shape index (κ3) is 4.41. The van der Waals surface area contributed by atoms with Gasteiger partial charge in [-0.1, -0.05) is 66.7 Å². The number of rotatable bonds is 7. The summed E-state index contributed by atoms with van der Waals surface area (Å²) in [4.78, 5) is 12.0. The maximum absolute atomic E-state index is 12.0. The van der Waals surface area contributed by atoms with Gasteiger partial charge in [0.2, 0.25) is 0 Å². The standard InChI is InChI=1S/C25H23N3O2/c1-19-23(16-26-27-25(29)18-30-21-12-6-3-7-13-21)22-14-8-9-15-24(22)28(19)17-20-10-4-2-5-11-20/h2-16H,17-18H2,1H3,(H,27,29)/b26-16-. The van der Waals surface area contributed by atoms with Crippen LogP contribution < -0.4 is 10.2 Å². The zero-order chi connectivity index (χ0) is 20.8. The molecule has 0 saturated heterocycles. The number of hydrogen-bond donors (Lipinski definition) is 1. The first-order valence-electron chi connectivity index (χ1n) is 9.84. The zero-order valence-corrected chi connectivity index (χ0v) is 16.8. The van der Waals surface area contributed by atoms with Gasteiger partial charge in [0.05, 0.1) is 6.21 Å². The highest BCUT2D eigenvalue weighted by atomic mass is 16.5. The number of nitrogens with zero attached hydrogens (tertiary/aromatic N) is 2. The highest BCUT2D eigenvalue weighted by Gasteiger charge is 2.12. The van der Waals surface area contributed by atoms with Gasteiger partial charge in [0.15, 0.2) is 6.61 Å². The quantitative estimate of drug-likeness (QED) is 0.368. The van der Waals surface area contributed by atoms with Crippen LogP contribution in [0.2, 0.25) is 0 Å². The van der Waals surface area contributed by atoms with Crippen LogP contribution in [0.1, 0.15) is 16.8 Å². The fourth-order valence-corrected chi connectivity index (χ4v) is 3.46. The van der Waals surface area contributed by atoms with Gasteiger partial charge < -0.3 is 9.30 Å². The van der Waals surface area contributed by atoms with E-state index >= 15 is 0 Å². The molecule has 30 heavy (non-hydrogen) atoms. The van der Waals surface area contributed by atoms with Crippen molar-refractivity contribution in [3.05, 3.63) is 102 Å². The summed E-state index contributed by atoms with van der Waals surface area (Å²) < 4.78 is 7.72. The van der Waals surface area contributed by atoms with E-state index in [4.69, 9.17) is 4.74 Å². The van der Waals surface area contributed by atoms with Crippen molar-refractivity contribution < 1.29 is 9.53 Å². The zero-order valence-electron chi connectivity index (χ0n) is 16.8. The van der Waals surface area contributed by atoms with Crippen molar-refractivity contribution in [1.29, 1.82) is 0 Å². The Labute approximate surface area is 175 Å². The lowest BCUT2D eigenvalue weighted by Gasteiger charge is -2.08. The average Bonchev–Trinajstić information content (AvgIpc) is 3.05. The molecule has 1 N–H and O–H groups in total. The van der Waals surface area contributed by atoms with Crippen LogP contribution in [0.4, 0.5) is 0 Å².